The normalized spacial score (nSPS) is 31.4. The molecule has 0 amide bonds. The molecule has 1 aliphatic carbocycles. The summed E-state index contributed by atoms with van der Waals surface area (Å²) in [6.45, 7) is 5.79. The quantitative estimate of drug-likeness (QED) is 0.847. The highest BCUT2D eigenvalue weighted by Crippen LogP contribution is 2.27. The van der Waals surface area contributed by atoms with Gasteiger partial charge in [0.2, 0.25) is 0 Å². The molecule has 3 rings (SSSR count). The van der Waals surface area contributed by atoms with Gasteiger partial charge < -0.3 is 5.32 Å². The van der Waals surface area contributed by atoms with Crippen LogP contribution >= 0.6 is 0 Å². The number of piperazine rings is 1. The zero-order chi connectivity index (χ0) is 13.8. The van der Waals surface area contributed by atoms with Crippen LogP contribution in [0.2, 0.25) is 0 Å². The van der Waals surface area contributed by atoms with Crippen molar-refractivity contribution in [2.75, 3.05) is 19.6 Å². The summed E-state index contributed by atoms with van der Waals surface area (Å²) >= 11 is 0. The molecule has 0 bridgehead atoms. The number of allylic oxidation sites excluding steroid dienone is 2. The molecular formula is C18H26N2. The van der Waals surface area contributed by atoms with Crippen molar-refractivity contribution in [1.82, 2.24) is 10.2 Å². The number of rotatable bonds is 3. The third-order valence-electron chi connectivity index (χ3n) is 4.66. The SMILES string of the molecule is CC1CN(CC2CC=CCC2)C(c2ccccc2)CN1. The first kappa shape index (κ1) is 13.8. The van der Waals surface area contributed by atoms with Crippen LogP contribution in [-0.4, -0.2) is 30.6 Å². The summed E-state index contributed by atoms with van der Waals surface area (Å²) in [5, 5.41) is 3.64. The van der Waals surface area contributed by atoms with Crippen molar-refractivity contribution in [2.45, 2.75) is 38.3 Å². The number of nitrogens with one attached hydrogen (secondary N) is 1. The molecule has 1 saturated heterocycles. The van der Waals surface area contributed by atoms with E-state index in [2.05, 4.69) is 59.6 Å². The maximum Gasteiger partial charge on any atom is 0.0473 e. The molecule has 1 aromatic rings. The molecule has 1 N–H and O–H groups in total. The molecule has 3 unspecified atom stereocenters. The Morgan fingerprint density at radius 1 is 1.20 bits per heavy atom. The standard InChI is InChI=1S/C18H26N2/c1-15-13-20(14-16-8-4-2-5-9-16)18(12-19-15)17-10-6-3-7-11-17/h2-4,6-7,10-11,15-16,18-19H,5,8-9,12-14H2,1H3. The van der Waals surface area contributed by atoms with Crippen molar-refractivity contribution in [1.29, 1.82) is 0 Å². The minimum Gasteiger partial charge on any atom is -0.311 e. The van der Waals surface area contributed by atoms with Crippen LogP contribution in [0.3, 0.4) is 0 Å². The minimum atomic E-state index is 0.540. The van der Waals surface area contributed by atoms with Gasteiger partial charge in [-0.3, -0.25) is 4.90 Å². The van der Waals surface area contributed by atoms with Gasteiger partial charge in [-0.2, -0.15) is 0 Å². The van der Waals surface area contributed by atoms with Crippen LogP contribution in [0.4, 0.5) is 0 Å². The number of nitrogens with zero attached hydrogens (tertiary/aromatic N) is 1. The van der Waals surface area contributed by atoms with Gasteiger partial charge in [0.25, 0.3) is 0 Å². The minimum absolute atomic E-state index is 0.540. The maximum atomic E-state index is 3.64. The fourth-order valence-corrected chi connectivity index (χ4v) is 3.54. The van der Waals surface area contributed by atoms with Crippen LogP contribution in [0.15, 0.2) is 42.5 Å². The summed E-state index contributed by atoms with van der Waals surface area (Å²) in [6.07, 6.45) is 8.60. The lowest BCUT2D eigenvalue weighted by atomic mass is 9.92. The van der Waals surface area contributed by atoms with Crippen molar-refractivity contribution in [2.24, 2.45) is 5.92 Å². The van der Waals surface area contributed by atoms with E-state index in [-0.39, 0.29) is 0 Å². The van der Waals surface area contributed by atoms with Crippen molar-refractivity contribution in [3.05, 3.63) is 48.0 Å². The highest BCUT2D eigenvalue weighted by molar-refractivity contribution is 5.20. The Morgan fingerprint density at radius 2 is 2.05 bits per heavy atom. The third kappa shape index (κ3) is 3.31. The smallest absolute Gasteiger partial charge is 0.0473 e. The first-order chi connectivity index (χ1) is 9.83. The van der Waals surface area contributed by atoms with Crippen LogP contribution < -0.4 is 5.32 Å². The van der Waals surface area contributed by atoms with E-state index >= 15 is 0 Å². The van der Waals surface area contributed by atoms with Crippen LogP contribution in [0.1, 0.15) is 37.8 Å². The average Bonchev–Trinajstić information content (AvgIpc) is 2.49. The fraction of sp³-hybridized carbons (Fsp3) is 0.556. The molecule has 20 heavy (non-hydrogen) atoms. The second kappa shape index (κ2) is 6.55. The summed E-state index contributed by atoms with van der Waals surface area (Å²) < 4.78 is 0. The van der Waals surface area contributed by atoms with Gasteiger partial charge in [-0.05, 0) is 37.7 Å². The zero-order valence-corrected chi connectivity index (χ0v) is 12.5. The molecule has 1 heterocycles. The molecule has 2 heteroatoms. The molecule has 0 radical (unpaired) electrons. The van der Waals surface area contributed by atoms with Crippen molar-refractivity contribution in [3.63, 3.8) is 0 Å². The van der Waals surface area contributed by atoms with Gasteiger partial charge in [-0.1, -0.05) is 42.5 Å². The van der Waals surface area contributed by atoms with Gasteiger partial charge in [-0.15, -0.1) is 0 Å². The van der Waals surface area contributed by atoms with Gasteiger partial charge in [0, 0.05) is 31.7 Å². The lowest BCUT2D eigenvalue weighted by molar-refractivity contribution is 0.111. The van der Waals surface area contributed by atoms with Crippen LogP contribution in [0.5, 0.6) is 0 Å². The largest absolute Gasteiger partial charge is 0.311 e. The Labute approximate surface area is 122 Å². The summed E-state index contributed by atoms with van der Waals surface area (Å²) in [5.74, 6) is 0.844. The molecule has 108 valence electrons. The number of benzene rings is 1. The molecule has 0 spiro atoms. The van der Waals surface area contributed by atoms with E-state index < -0.39 is 0 Å². The predicted molar refractivity (Wildman–Crippen MR) is 84.7 cm³/mol. The van der Waals surface area contributed by atoms with E-state index in [0.29, 0.717) is 12.1 Å². The summed E-state index contributed by atoms with van der Waals surface area (Å²) in [6, 6.07) is 12.1. The predicted octanol–water partition coefficient (Wildman–Crippen LogP) is 3.38. The van der Waals surface area contributed by atoms with E-state index in [9.17, 15) is 0 Å². The maximum absolute atomic E-state index is 3.64. The number of hydrogen-bond acceptors (Lipinski definition) is 2. The average molecular weight is 270 g/mol. The monoisotopic (exact) mass is 270 g/mol. The Balaban J connectivity index is 1.71. The molecular weight excluding hydrogens is 244 g/mol. The van der Waals surface area contributed by atoms with E-state index in [1.807, 2.05) is 0 Å². The van der Waals surface area contributed by atoms with E-state index in [4.69, 9.17) is 0 Å². The highest BCUT2D eigenvalue weighted by Gasteiger charge is 2.28. The molecule has 0 saturated carbocycles. The Hall–Kier alpha value is -1.12. The van der Waals surface area contributed by atoms with Gasteiger partial charge in [0.05, 0.1) is 0 Å². The highest BCUT2D eigenvalue weighted by atomic mass is 15.2. The molecule has 2 nitrogen and oxygen atoms in total. The van der Waals surface area contributed by atoms with E-state index in [0.717, 1.165) is 12.5 Å². The first-order valence-electron chi connectivity index (χ1n) is 8.00. The topological polar surface area (TPSA) is 15.3 Å². The van der Waals surface area contributed by atoms with E-state index in [1.54, 1.807) is 0 Å². The number of hydrogen-bond donors (Lipinski definition) is 1. The Morgan fingerprint density at radius 3 is 2.80 bits per heavy atom. The third-order valence-corrected chi connectivity index (χ3v) is 4.66. The summed E-state index contributed by atoms with van der Waals surface area (Å²) in [7, 11) is 0. The summed E-state index contributed by atoms with van der Waals surface area (Å²) in [4.78, 5) is 2.71. The first-order valence-corrected chi connectivity index (χ1v) is 8.00. The van der Waals surface area contributed by atoms with Crippen LogP contribution in [-0.2, 0) is 0 Å². The molecule has 1 fully saturated rings. The fourth-order valence-electron chi connectivity index (χ4n) is 3.54. The van der Waals surface area contributed by atoms with E-state index in [1.165, 1.54) is 37.9 Å². The Kier molecular flexibility index (Phi) is 4.54. The van der Waals surface area contributed by atoms with Crippen LogP contribution in [0.25, 0.3) is 0 Å². The van der Waals surface area contributed by atoms with Gasteiger partial charge >= 0.3 is 0 Å². The van der Waals surface area contributed by atoms with Crippen molar-refractivity contribution >= 4 is 0 Å². The molecule has 3 atom stereocenters. The van der Waals surface area contributed by atoms with Crippen molar-refractivity contribution < 1.29 is 0 Å². The van der Waals surface area contributed by atoms with Gasteiger partial charge in [-0.25, -0.2) is 0 Å². The molecule has 1 aliphatic heterocycles. The second-order valence-corrected chi connectivity index (χ2v) is 6.34. The van der Waals surface area contributed by atoms with Crippen LogP contribution in [0, 0.1) is 5.92 Å². The second-order valence-electron chi connectivity index (χ2n) is 6.34. The molecule has 0 aromatic heterocycles. The van der Waals surface area contributed by atoms with Crippen molar-refractivity contribution in [3.8, 4) is 0 Å². The Bertz CT molecular complexity index is 440. The van der Waals surface area contributed by atoms with Gasteiger partial charge in [0.1, 0.15) is 0 Å². The lowest BCUT2D eigenvalue weighted by Crippen LogP contribution is -2.52. The van der Waals surface area contributed by atoms with Gasteiger partial charge in [0.15, 0.2) is 0 Å². The summed E-state index contributed by atoms with van der Waals surface area (Å²) in [5.41, 5.74) is 1.46. The zero-order valence-electron chi connectivity index (χ0n) is 12.5. The molecule has 2 aliphatic rings. The lowest BCUT2D eigenvalue weighted by Gasteiger charge is -2.41. The molecule has 1 aromatic carbocycles.